The number of nitrogens with one attached hydrogen (secondary N) is 1. The van der Waals surface area contributed by atoms with Gasteiger partial charge in [-0.25, -0.2) is 10.8 Å². The number of benzene rings is 1. The number of anilines is 1. The first-order chi connectivity index (χ1) is 8.60. The Bertz CT molecular complexity index is 582. The van der Waals surface area contributed by atoms with E-state index in [-0.39, 0.29) is 16.9 Å². The molecule has 0 spiro atoms. The third-order valence-corrected chi connectivity index (χ3v) is 3.01. The average molecular weight is 350 g/mol. The topological polar surface area (TPSA) is 73.1 Å². The van der Waals surface area contributed by atoms with E-state index in [2.05, 4.69) is 31.3 Å². The fourth-order valence-corrected chi connectivity index (χ4v) is 1.78. The molecule has 1 aromatic carbocycles. The molecule has 0 aliphatic heterocycles. The highest BCUT2D eigenvalue weighted by atomic mass is 79.9. The van der Waals surface area contributed by atoms with Crippen molar-refractivity contribution in [2.75, 3.05) is 5.43 Å². The van der Waals surface area contributed by atoms with Crippen molar-refractivity contribution in [1.82, 2.24) is 9.97 Å². The van der Waals surface area contributed by atoms with E-state index in [1.54, 1.807) is 18.2 Å². The van der Waals surface area contributed by atoms with Gasteiger partial charge in [0.05, 0.1) is 11.2 Å². The van der Waals surface area contributed by atoms with E-state index in [0.29, 0.717) is 10.8 Å². The molecule has 0 aliphatic rings. The summed E-state index contributed by atoms with van der Waals surface area (Å²) < 4.78 is 6.35. The van der Waals surface area contributed by atoms with Crippen molar-refractivity contribution in [2.45, 2.75) is 0 Å². The van der Waals surface area contributed by atoms with E-state index in [1.807, 2.05) is 0 Å². The summed E-state index contributed by atoms with van der Waals surface area (Å²) in [6.07, 6.45) is 1.38. The molecule has 0 saturated heterocycles. The molecule has 5 nitrogen and oxygen atoms in total. The van der Waals surface area contributed by atoms with Gasteiger partial charge in [0.15, 0.2) is 0 Å². The summed E-state index contributed by atoms with van der Waals surface area (Å²) in [6.45, 7) is 0. The van der Waals surface area contributed by atoms with Crippen LogP contribution in [0.15, 0.2) is 28.9 Å². The lowest BCUT2D eigenvalue weighted by atomic mass is 10.3. The van der Waals surface area contributed by atoms with E-state index < -0.39 is 0 Å². The molecule has 0 fully saturated rings. The van der Waals surface area contributed by atoms with Crippen molar-refractivity contribution in [3.8, 4) is 11.6 Å². The number of ether oxygens (including phenoxy) is 1. The van der Waals surface area contributed by atoms with Gasteiger partial charge >= 0.3 is 0 Å². The maximum Gasteiger partial charge on any atom is 0.243 e. The number of hydrogen-bond acceptors (Lipinski definition) is 5. The molecule has 1 heterocycles. The van der Waals surface area contributed by atoms with E-state index in [1.165, 1.54) is 6.20 Å². The highest BCUT2D eigenvalue weighted by Crippen LogP contribution is 2.34. The first kappa shape index (κ1) is 13.4. The van der Waals surface area contributed by atoms with Gasteiger partial charge in [0, 0.05) is 4.47 Å². The number of hydrazine groups is 1. The Kier molecular flexibility index (Phi) is 4.23. The summed E-state index contributed by atoms with van der Waals surface area (Å²) in [6, 6.07) is 5.19. The second-order valence-corrected chi connectivity index (χ2v) is 4.90. The van der Waals surface area contributed by atoms with E-state index >= 15 is 0 Å². The summed E-state index contributed by atoms with van der Waals surface area (Å²) in [5, 5.41) is 0.695. The van der Waals surface area contributed by atoms with Crippen LogP contribution in [0, 0.1) is 0 Å². The first-order valence-electron chi connectivity index (χ1n) is 4.72. The zero-order chi connectivity index (χ0) is 13.1. The number of nitrogens with two attached hydrogens (primary N) is 1. The van der Waals surface area contributed by atoms with Crippen molar-refractivity contribution in [3.63, 3.8) is 0 Å². The monoisotopic (exact) mass is 348 g/mol. The molecule has 8 heteroatoms. The van der Waals surface area contributed by atoms with Gasteiger partial charge in [0.25, 0.3) is 0 Å². The molecular formula is C10H7BrCl2N4O. The third-order valence-electron chi connectivity index (χ3n) is 1.94. The molecule has 0 radical (unpaired) electrons. The smallest absolute Gasteiger partial charge is 0.243 e. The molecular weight excluding hydrogens is 343 g/mol. The van der Waals surface area contributed by atoms with Crippen LogP contribution >= 0.6 is 39.1 Å². The summed E-state index contributed by atoms with van der Waals surface area (Å²) in [4.78, 5) is 7.82. The molecule has 0 aliphatic carbocycles. The standard InChI is InChI=1S/C10H7BrCl2N4O/c11-5-1-2-6(12)8(3-5)18-9-7(13)4-15-10(16-9)17-14/h1-4H,14H2,(H,15,16,17). The van der Waals surface area contributed by atoms with Crippen LogP contribution in [0.5, 0.6) is 11.6 Å². The second-order valence-electron chi connectivity index (χ2n) is 3.17. The van der Waals surface area contributed by atoms with E-state index in [0.717, 1.165) is 4.47 Å². The molecule has 18 heavy (non-hydrogen) atoms. The van der Waals surface area contributed by atoms with Crippen molar-refractivity contribution in [3.05, 3.63) is 38.9 Å². The summed E-state index contributed by atoms with van der Waals surface area (Å²) in [5.74, 6) is 6.00. The maximum absolute atomic E-state index is 6.00. The zero-order valence-electron chi connectivity index (χ0n) is 8.82. The highest BCUT2D eigenvalue weighted by Gasteiger charge is 2.10. The Morgan fingerprint density at radius 2 is 2.06 bits per heavy atom. The minimum atomic E-state index is 0.166. The Hall–Kier alpha value is -1.08. The quantitative estimate of drug-likeness (QED) is 0.654. The molecule has 94 valence electrons. The molecule has 0 amide bonds. The van der Waals surface area contributed by atoms with E-state index in [9.17, 15) is 0 Å². The molecule has 0 saturated carbocycles. The average Bonchev–Trinajstić information content (AvgIpc) is 2.36. The van der Waals surface area contributed by atoms with Gasteiger partial charge in [0.1, 0.15) is 10.8 Å². The summed E-state index contributed by atoms with van der Waals surface area (Å²) >= 11 is 15.2. The van der Waals surface area contributed by atoms with Crippen LogP contribution in [0.2, 0.25) is 10.0 Å². The Morgan fingerprint density at radius 1 is 1.28 bits per heavy atom. The molecule has 3 N–H and O–H groups in total. The first-order valence-corrected chi connectivity index (χ1v) is 6.27. The lowest BCUT2D eigenvalue weighted by Crippen LogP contribution is -2.10. The molecule has 2 aromatic rings. The number of nitrogen functional groups attached to an aromatic ring is 1. The number of nitrogens with zero attached hydrogens (tertiary/aromatic N) is 2. The minimum Gasteiger partial charge on any atom is -0.436 e. The van der Waals surface area contributed by atoms with Gasteiger partial charge in [-0.2, -0.15) is 4.98 Å². The predicted molar refractivity (Wildman–Crippen MR) is 74.1 cm³/mol. The second kappa shape index (κ2) is 5.71. The van der Waals surface area contributed by atoms with Crippen molar-refractivity contribution >= 4 is 45.1 Å². The number of hydrogen-bond donors (Lipinski definition) is 2. The largest absolute Gasteiger partial charge is 0.436 e. The number of rotatable bonds is 3. The highest BCUT2D eigenvalue weighted by molar-refractivity contribution is 9.10. The van der Waals surface area contributed by atoms with Gasteiger partial charge in [-0.15, -0.1) is 0 Å². The number of halogens is 3. The molecule has 0 unspecified atom stereocenters. The molecule has 2 rings (SSSR count). The Balaban J connectivity index is 2.36. The van der Waals surface area contributed by atoms with Gasteiger partial charge < -0.3 is 4.74 Å². The summed E-state index contributed by atoms with van der Waals surface area (Å²) in [5.41, 5.74) is 2.30. The van der Waals surface area contributed by atoms with Gasteiger partial charge in [-0.1, -0.05) is 39.1 Å². The van der Waals surface area contributed by atoms with Crippen molar-refractivity contribution in [2.24, 2.45) is 5.84 Å². The van der Waals surface area contributed by atoms with Crippen LogP contribution in [-0.4, -0.2) is 9.97 Å². The maximum atomic E-state index is 6.00. The Labute approximate surface area is 121 Å². The van der Waals surface area contributed by atoms with Gasteiger partial charge in [-0.3, -0.25) is 5.43 Å². The zero-order valence-corrected chi connectivity index (χ0v) is 11.9. The summed E-state index contributed by atoms with van der Waals surface area (Å²) in [7, 11) is 0. The fraction of sp³-hybridized carbons (Fsp3) is 0. The van der Waals surface area contributed by atoms with Crippen LogP contribution in [-0.2, 0) is 0 Å². The molecule has 0 atom stereocenters. The van der Waals surface area contributed by atoms with Crippen LogP contribution in [0.1, 0.15) is 0 Å². The SMILES string of the molecule is NNc1ncc(Cl)c(Oc2cc(Br)ccc2Cl)n1. The fourth-order valence-electron chi connectivity index (χ4n) is 1.15. The van der Waals surface area contributed by atoms with Gasteiger partial charge in [0.2, 0.25) is 11.8 Å². The van der Waals surface area contributed by atoms with Crippen LogP contribution < -0.4 is 16.0 Å². The molecule has 0 bridgehead atoms. The van der Waals surface area contributed by atoms with E-state index in [4.69, 9.17) is 33.8 Å². The van der Waals surface area contributed by atoms with Crippen molar-refractivity contribution < 1.29 is 4.74 Å². The third kappa shape index (κ3) is 3.02. The van der Waals surface area contributed by atoms with Crippen LogP contribution in [0.3, 0.4) is 0 Å². The molecule has 1 aromatic heterocycles. The Morgan fingerprint density at radius 3 is 2.78 bits per heavy atom. The lowest BCUT2D eigenvalue weighted by molar-refractivity contribution is 0.462. The lowest BCUT2D eigenvalue weighted by Gasteiger charge is -2.09. The van der Waals surface area contributed by atoms with Crippen molar-refractivity contribution in [1.29, 1.82) is 0 Å². The van der Waals surface area contributed by atoms with Crippen LogP contribution in [0.4, 0.5) is 5.95 Å². The van der Waals surface area contributed by atoms with Gasteiger partial charge in [-0.05, 0) is 18.2 Å². The predicted octanol–water partition coefficient (Wildman–Crippen LogP) is 3.62. The number of aromatic nitrogens is 2. The van der Waals surface area contributed by atoms with Crippen LogP contribution in [0.25, 0.3) is 0 Å². The normalized spacial score (nSPS) is 10.2. The minimum absolute atomic E-state index is 0.166.